The Bertz CT molecular complexity index is 908. The van der Waals surface area contributed by atoms with Crippen LogP contribution in [0.5, 0.6) is 5.75 Å². The van der Waals surface area contributed by atoms with Gasteiger partial charge < -0.3 is 15.4 Å². The number of hydrogen-bond acceptors (Lipinski definition) is 3. The van der Waals surface area contributed by atoms with E-state index in [-0.39, 0.29) is 5.91 Å². The molecule has 0 fully saturated rings. The van der Waals surface area contributed by atoms with Gasteiger partial charge in [0.05, 0.1) is 7.11 Å². The van der Waals surface area contributed by atoms with Gasteiger partial charge in [0.25, 0.3) is 5.91 Å². The van der Waals surface area contributed by atoms with Crippen LogP contribution in [0, 0.1) is 0 Å². The number of hydrogen-bond donors (Lipinski definition) is 2. The Hall–Kier alpha value is -3.11. The summed E-state index contributed by atoms with van der Waals surface area (Å²) in [4.78, 5) is 12.6. The number of methoxy groups -OCH3 is 1. The van der Waals surface area contributed by atoms with Gasteiger partial charge in [-0.2, -0.15) is 0 Å². The van der Waals surface area contributed by atoms with Crippen molar-refractivity contribution in [3.63, 3.8) is 0 Å². The van der Waals surface area contributed by atoms with Gasteiger partial charge in [-0.05, 0) is 54.2 Å². The molecule has 2 N–H and O–H groups in total. The van der Waals surface area contributed by atoms with Gasteiger partial charge in [-0.15, -0.1) is 0 Å². The number of rotatable bonds is 11. The van der Waals surface area contributed by atoms with Crippen molar-refractivity contribution in [2.75, 3.05) is 13.7 Å². The minimum atomic E-state index is -0.00319. The van der Waals surface area contributed by atoms with Crippen LogP contribution >= 0.6 is 0 Å². The number of aryl methyl sites for hydroxylation is 1. The molecule has 0 spiro atoms. The maximum absolute atomic E-state index is 12.6. The third-order valence-electron chi connectivity index (χ3n) is 5.09. The largest absolute Gasteiger partial charge is 0.497 e. The first-order valence-electron chi connectivity index (χ1n) is 10.5. The lowest BCUT2D eigenvalue weighted by Gasteiger charge is -2.11. The second-order valence-electron chi connectivity index (χ2n) is 7.31. The van der Waals surface area contributed by atoms with Gasteiger partial charge in [0.15, 0.2) is 0 Å². The Morgan fingerprint density at radius 2 is 1.53 bits per heavy atom. The number of amides is 1. The van der Waals surface area contributed by atoms with Crippen molar-refractivity contribution < 1.29 is 9.53 Å². The summed E-state index contributed by atoms with van der Waals surface area (Å²) in [7, 11) is 1.67. The minimum Gasteiger partial charge on any atom is -0.497 e. The average Bonchev–Trinajstić information content (AvgIpc) is 2.80. The van der Waals surface area contributed by atoms with Crippen molar-refractivity contribution in [2.45, 2.75) is 32.4 Å². The van der Waals surface area contributed by atoms with E-state index in [9.17, 15) is 4.79 Å². The molecule has 4 heteroatoms. The Kier molecular flexibility index (Phi) is 8.48. The molecule has 0 saturated carbocycles. The molecule has 30 heavy (non-hydrogen) atoms. The highest BCUT2D eigenvalue weighted by atomic mass is 16.5. The first-order valence-corrected chi connectivity index (χ1v) is 10.5. The highest BCUT2D eigenvalue weighted by Gasteiger charge is 2.10. The fourth-order valence-corrected chi connectivity index (χ4v) is 3.38. The van der Waals surface area contributed by atoms with Crippen LogP contribution in [0.15, 0.2) is 78.9 Å². The third kappa shape index (κ3) is 6.75. The number of carbonyl (C=O) groups is 1. The topological polar surface area (TPSA) is 50.4 Å². The van der Waals surface area contributed by atoms with Crippen LogP contribution in [0.2, 0.25) is 0 Å². The van der Waals surface area contributed by atoms with E-state index in [0.717, 1.165) is 42.7 Å². The van der Waals surface area contributed by atoms with Crippen molar-refractivity contribution in [3.05, 3.63) is 101 Å². The highest BCUT2D eigenvalue weighted by molar-refractivity contribution is 5.95. The van der Waals surface area contributed by atoms with Gasteiger partial charge in [-0.25, -0.2) is 0 Å². The van der Waals surface area contributed by atoms with Crippen LogP contribution in [0.3, 0.4) is 0 Å². The minimum absolute atomic E-state index is 0.00319. The van der Waals surface area contributed by atoms with Gasteiger partial charge in [0, 0.05) is 25.2 Å². The number of carbonyl (C=O) groups excluding carboxylic acids is 1. The van der Waals surface area contributed by atoms with E-state index in [1.807, 2.05) is 54.6 Å². The van der Waals surface area contributed by atoms with E-state index in [1.54, 1.807) is 7.11 Å². The van der Waals surface area contributed by atoms with Crippen molar-refractivity contribution in [1.82, 2.24) is 10.6 Å². The second kappa shape index (κ2) is 11.8. The Morgan fingerprint density at radius 1 is 0.800 bits per heavy atom. The summed E-state index contributed by atoms with van der Waals surface area (Å²) in [5.74, 6) is 0.848. The molecule has 1 amide bonds. The quantitative estimate of drug-likeness (QED) is 0.456. The van der Waals surface area contributed by atoms with Gasteiger partial charge in [0.2, 0.25) is 0 Å². The average molecular weight is 403 g/mol. The van der Waals surface area contributed by atoms with Crippen LogP contribution in [-0.2, 0) is 19.5 Å². The third-order valence-corrected chi connectivity index (χ3v) is 5.09. The van der Waals surface area contributed by atoms with Crippen molar-refractivity contribution in [3.8, 4) is 5.75 Å². The molecule has 0 bridgehead atoms. The van der Waals surface area contributed by atoms with Crippen molar-refractivity contribution in [1.29, 1.82) is 0 Å². The van der Waals surface area contributed by atoms with Crippen LogP contribution in [-0.4, -0.2) is 19.6 Å². The lowest BCUT2D eigenvalue weighted by atomic mass is 10.1. The number of unbranched alkanes of at least 4 members (excludes halogenated alkanes) is 1. The first-order chi connectivity index (χ1) is 14.8. The molecule has 0 aliphatic carbocycles. The molecule has 3 aromatic carbocycles. The fraction of sp³-hybridized carbons (Fsp3) is 0.269. The van der Waals surface area contributed by atoms with E-state index in [0.29, 0.717) is 13.1 Å². The molecule has 0 aromatic heterocycles. The van der Waals surface area contributed by atoms with Crippen molar-refractivity contribution >= 4 is 5.91 Å². The number of ether oxygens (including phenoxy) is 1. The molecule has 0 atom stereocenters. The zero-order valence-electron chi connectivity index (χ0n) is 17.6. The molecule has 0 heterocycles. The SMILES string of the molecule is COc1ccc(CNCc2ccccc2C(=O)NCCCCc2ccccc2)cc1. The van der Waals surface area contributed by atoms with Gasteiger partial charge in [-0.3, -0.25) is 4.79 Å². The Balaban J connectivity index is 1.43. The predicted molar refractivity (Wildman–Crippen MR) is 122 cm³/mol. The molecule has 0 unspecified atom stereocenters. The molecule has 156 valence electrons. The van der Waals surface area contributed by atoms with Gasteiger partial charge >= 0.3 is 0 Å². The zero-order chi connectivity index (χ0) is 21.0. The lowest BCUT2D eigenvalue weighted by Crippen LogP contribution is -2.26. The summed E-state index contributed by atoms with van der Waals surface area (Å²) in [5, 5.41) is 6.49. The van der Waals surface area contributed by atoms with E-state index in [4.69, 9.17) is 4.74 Å². The van der Waals surface area contributed by atoms with Gasteiger partial charge in [0.1, 0.15) is 5.75 Å². The summed E-state index contributed by atoms with van der Waals surface area (Å²) in [6, 6.07) is 26.2. The summed E-state index contributed by atoms with van der Waals surface area (Å²) in [5.41, 5.74) is 4.27. The molecule has 0 aliphatic rings. The van der Waals surface area contributed by atoms with Crippen LogP contribution in [0.1, 0.15) is 39.9 Å². The van der Waals surface area contributed by atoms with Crippen LogP contribution in [0.25, 0.3) is 0 Å². The summed E-state index contributed by atoms with van der Waals surface area (Å²) in [6.45, 7) is 2.07. The molecule has 0 radical (unpaired) electrons. The highest BCUT2D eigenvalue weighted by Crippen LogP contribution is 2.12. The molecule has 3 aromatic rings. The maximum Gasteiger partial charge on any atom is 0.251 e. The summed E-state index contributed by atoms with van der Waals surface area (Å²) >= 11 is 0. The summed E-state index contributed by atoms with van der Waals surface area (Å²) < 4.78 is 5.19. The lowest BCUT2D eigenvalue weighted by molar-refractivity contribution is 0.0952. The Morgan fingerprint density at radius 3 is 2.30 bits per heavy atom. The van der Waals surface area contributed by atoms with Gasteiger partial charge in [-0.1, -0.05) is 60.7 Å². The monoisotopic (exact) mass is 402 g/mol. The summed E-state index contributed by atoms with van der Waals surface area (Å²) in [6.07, 6.45) is 3.08. The van der Waals surface area contributed by atoms with Crippen LogP contribution in [0.4, 0.5) is 0 Å². The second-order valence-corrected chi connectivity index (χ2v) is 7.31. The Labute approximate surface area is 179 Å². The maximum atomic E-state index is 12.6. The van der Waals surface area contributed by atoms with E-state index < -0.39 is 0 Å². The molecular weight excluding hydrogens is 372 g/mol. The zero-order valence-corrected chi connectivity index (χ0v) is 17.6. The number of nitrogens with one attached hydrogen (secondary N) is 2. The molecule has 3 rings (SSSR count). The fourth-order valence-electron chi connectivity index (χ4n) is 3.38. The molecule has 4 nitrogen and oxygen atoms in total. The van der Waals surface area contributed by atoms with E-state index in [1.165, 1.54) is 11.1 Å². The smallest absolute Gasteiger partial charge is 0.251 e. The number of benzene rings is 3. The predicted octanol–water partition coefficient (Wildman–Crippen LogP) is 4.74. The van der Waals surface area contributed by atoms with Crippen molar-refractivity contribution in [2.24, 2.45) is 0 Å². The first kappa shape index (κ1) is 21.6. The van der Waals surface area contributed by atoms with Crippen LogP contribution < -0.4 is 15.4 Å². The molecule has 0 saturated heterocycles. The normalized spacial score (nSPS) is 10.6. The standard InChI is InChI=1S/C26H30N2O2/c1-30-24-16-14-22(15-17-24)19-27-20-23-12-5-6-13-25(23)26(29)28-18-8-7-11-21-9-3-2-4-10-21/h2-6,9-10,12-17,27H,7-8,11,18-20H2,1H3,(H,28,29). The van der Waals surface area contributed by atoms with E-state index in [2.05, 4.69) is 34.9 Å². The molecular formula is C26H30N2O2. The molecule has 0 aliphatic heterocycles. The van der Waals surface area contributed by atoms with E-state index >= 15 is 0 Å².